The Balaban J connectivity index is 2.06. The van der Waals surface area contributed by atoms with Crippen molar-refractivity contribution in [2.45, 2.75) is 18.7 Å². The SMILES string of the molecule is CCOc1cc(-c2nc(SC)[nH]c(=O)c2C#N)cc(Br)c1OCc1ccccc1. The molecule has 6 nitrogen and oxygen atoms in total. The summed E-state index contributed by atoms with van der Waals surface area (Å²) in [5, 5.41) is 9.88. The maximum Gasteiger partial charge on any atom is 0.270 e. The van der Waals surface area contributed by atoms with Crippen LogP contribution in [0.5, 0.6) is 11.5 Å². The van der Waals surface area contributed by atoms with E-state index in [0.29, 0.717) is 45.6 Å². The van der Waals surface area contributed by atoms with Crippen molar-refractivity contribution in [2.75, 3.05) is 12.9 Å². The van der Waals surface area contributed by atoms with Crippen LogP contribution in [0.2, 0.25) is 0 Å². The molecule has 8 heteroatoms. The maximum absolute atomic E-state index is 12.2. The average Bonchev–Trinajstić information content (AvgIpc) is 2.73. The number of nitrogens with one attached hydrogen (secondary N) is 1. The highest BCUT2D eigenvalue weighted by atomic mass is 79.9. The van der Waals surface area contributed by atoms with Gasteiger partial charge in [-0.15, -0.1) is 0 Å². The Morgan fingerprint density at radius 1 is 1.24 bits per heavy atom. The van der Waals surface area contributed by atoms with Crippen molar-refractivity contribution in [3.63, 3.8) is 0 Å². The first kappa shape index (κ1) is 21.0. The molecule has 3 aromatic rings. The fourth-order valence-electron chi connectivity index (χ4n) is 2.70. The number of aromatic nitrogens is 2. The van der Waals surface area contributed by atoms with Crippen LogP contribution in [0.25, 0.3) is 11.3 Å². The van der Waals surface area contributed by atoms with Crippen LogP contribution in [0, 0.1) is 11.3 Å². The summed E-state index contributed by atoms with van der Waals surface area (Å²) in [5.74, 6) is 1.05. The molecule has 1 heterocycles. The van der Waals surface area contributed by atoms with Crippen LogP contribution in [-0.4, -0.2) is 22.8 Å². The molecule has 0 amide bonds. The first-order chi connectivity index (χ1) is 14.1. The van der Waals surface area contributed by atoms with Gasteiger partial charge in [-0.2, -0.15) is 5.26 Å². The molecule has 2 aromatic carbocycles. The quantitative estimate of drug-likeness (QED) is 0.394. The van der Waals surface area contributed by atoms with Crippen molar-refractivity contribution in [3.8, 4) is 28.8 Å². The third-order valence-corrected chi connectivity index (χ3v) is 5.18. The van der Waals surface area contributed by atoms with E-state index < -0.39 is 5.56 Å². The first-order valence-electron chi connectivity index (χ1n) is 8.79. The third kappa shape index (κ3) is 4.81. The van der Waals surface area contributed by atoms with Crippen molar-refractivity contribution in [3.05, 3.63) is 68.4 Å². The van der Waals surface area contributed by atoms with Crippen molar-refractivity contribution in [1.29, 1.82) is 5.26 Å². The van der Waals surface area contributed by atoms with E-state index in [1.807, 2.05) is 43.3 Å². The average molecular weight is 472 g/mol. The van der Waals surface area contributed by atoms with Gasteiger partial charge in [-0.1, -0.05) is 42.1 Å². The standard InChI is InChI=1S/C21H18BrN3O3S/c1-3-27-17-10-14(18-15(11-23)20(26)25-21(24-18)29-2)9-16(22)19(17)28-12-13-7-5-4-6-8-13/h4-10H,3,12H2,1-2H3,(H,24,25,26). The number of H-pyrrole nitrogens is 1. The highest BCUT2D eigenvalue weighted by Crippen LogP contribution is 2.40. The first-order valence-corrected chi connectivity index (χ1v) is 10.8. The van der Waals surface area contributed by atoms with Crippen molar-refractivity contribution in [2.24, 2.45) is 0 Å². The number of hydrogen-bond donors (Lipinski definition) is 1. The zero-order valence-corrected chi connectivity index (χ0v) is 18.3. The molecule has 29 heavy (non-hydrogen) atoms. The molecule has 148 valence electrons. The van der Waals surface area contributed by atoms with Gasteiger partial charge in [0.2, 0.25) is 0 Å². The van der Waals surface area contributed by atoms with Crippen LogP contribution in [0.15, 0.2) is 56.9 Å². The Morgan fingerprint density at radius 3 is 2.66 bits per heavy atom. The number of benzene rings is 2. The lowest BCUT2D eigenvalue weighted by molar-refractivity contribution is 0.268. The highest BCUT2D eigenvalue weighted by Gasteiger charge is 2.18. The Hall–Kier alpha value is -2.76. The minimum atomic E-state index is -0.472. The zero-order chi connectivity index (χ0) is 20.8. The molecule has 1 aromatic heterocycles. The smallest absolute Gasteiger partial charge is 0.270 e. The molecular weight excluding hydrogens is 454 g/mol. The van der Waals surface area contributed by atoms with Crippen molar-refractivity contribution in [1.82, 2.24) is 9.97 Å². The molecule has 0 radical (unpaired) electrons. The molecule has 0 atom stereocenters. The third-order valence-electron chi connectivity index (χ3n) is 4.01. The van der Waals surface area contributed by atoms with Gasteiger partial charge in [0, 0.05) is 5.56 Å². The lowest BCUT2D eigenvalue weighted by Crippen LogP contribution is -2.14. The molecule has 1 N–H and O–H groups in total. The van der Waals surface area contributed by atoms with Crippen LogP contribution in [0.3, 0.4) is 0 Å². The van der Waals surface area contributed by atoms with Gasteiger partial charge in [0.15, 0.2) is 16.7 Å². The summed E-state index contributed by atoms with van der Waals surface area (Å²) in [6, 6.07) is 15.3. The summed E-state index contributed by atoms with van der Waals surface area (Å²) in [7, 11) is 0. The van der Waals surface area contributed by atoms with Gasteiger partial charge >= 0.3 is 0 Å². The summed E-state index contributed by atoms with van der Waals surface area (Å²) >= 11 is 4.83. The molecule has 0 saturated heterocycles. The molecule has 0 spiro atoms. The Morgan fingerprint density at radius 2 is 2.00 bits per heavy atom. The van der Waals surface area contributed by atoms with E-state index in [2.05, 4.69) is 25.9 Å². The molecule has 0 aliphatic rings. The fraction of sp³-hybridized carbons (Fsp3) is 0.190. The predicted octanol–water partition coefficient (Wildman–Crippen LogP) is 4.77. The van der Waals surface area contributed by atoms with E-state index >= 15 is 0 Å². The number of nitrogens with zero attached hydrogens (tertiary/aromatic N) is 2. The van der Waals surface area contributed by atoms with Crippen LogP contribution in [0.4, 0.5) is 0 Å². The summed E-state index contributed by atoms with van der Waals surface area (Å²) < 4.78 is 12.4. The minimum absolute atomic E-state index is 0.0462. The summed E-state index contributed by atoms with van der Waals surface area (Å²) in [6.07, 6.45) is 1.80. The highest BCUT2D eigenvalue weighted by molar-refractivity contribution is 9.10. The molecular formula is C21H18BrN3O3S. The Labute approximate surface area is 181 Å². The number of aromatic amines is 1. The molecule has 0 unspecified atom stereocenters. The number of ether oxygens (including phenoxy) is 2. The predicted molar refractivity (Wildman–Crippen MR) is 116 cm³/mol. The van der Waals surface area contributed by atoms with Gasteiger partial charge in [0.05, 0.1) is 16.8 Å². The minimum Gasteiger partial charge on any atom is -0.490 e. The van der Waals surface area contributed by atoms with E-state index in [9.17, 15) is 10.1 Å². The second kappa shape index (κ2) is 9.63. The van der Waals surface area contributed by atoms with Gasteiger partial charge in [0.25, 0.3) is 5.56 Å². The monoisotopic (exact) mass is 471 g/mol. The maximum atomic E-state index is 12.2. The second-order valence-electron chi connectivity index (χ2n) is 5.90. The normalized spacial score (nSPS) is 10.4. The van der Waals surface area contributed by atoms with E-state index in [1.54, 1.807) is 18.4 Å². The van der Waals surface area contributed by atoms with Gasteiger partial charge < -0.3 is 14.5 Å². The zero-order valence-electron chi connectivity index (χ0n) is 15.9. The van der Waals surface area contributed by atoms with Crippen LogP contribution in [-0.2, 0) is 6.61 Å². The Kier molecular flexibility index (Phi) is 6.96. The van der Waals surface area contributed by atoms with Gasteiger partial charge in [0.1, 0.15) is 18.2 Å². The van der Waals surface area contributed by atoms with Gasteiger partial charge in [-0.05, 0) is 46.8 Å². The van der Waals surface area contributed by atoms with E-state index in [4.69, 9.17) is 9.47 Å². The lowest BCUT2D eigenvalue weighted by atomic mass is 10.1. The molecule has 3 rings (SSSR count). The van der Waals surface area contributed by atoms with Crippen molar-refractivity contribution < 1.29 is 9.47 Å². The number of thioether (sulfide) groups is 1. The number of rotatable bonds is 7. The lowest BCUT2D eigenvalue weighted by Gasteiger charge is -2.16. The Bertz CT molecular complexity index is 1110. The topological polar surface area (TPSA) is 88.0 Å². The van der Waals surface area contributed by atoms with E-state index in [-0.39, 0.29) is 5.56 Å². The van der Waals surface area contributed by atoms with Crippen molar-refractivity contribution >= 4 is 27.7 Å². The summed E-state index contributed by atoms with van der Waals surface area (Å²) in [6.45, 7) is 2.68. The molecule has 0 fully saturated rings. The summed E-state index contributed by atoms with van der Waals surface area (Å²) in [5.41, 5.74) is 1.40. The molecule has 0 bridgehead atoms. The van der Waals surface area contributed by atoms with Crippen LogP contribution in [0.1, 0.15) is 18.1 Å². The van der Waals surface area contributed by atoms with E-state index in [0.717, 1.165) is 5.56 Å². The van der Waals surface area contributed by atoms with Gasteiger partial charge in [-0.25, -0.2) is 4.98 Å². The summed E-state index contributed by atoms with van der Waals surface area (Å²) in [4.78, 5) is 19.3. The molecule has 0 saturated carbocycles. The van der Waals surface area contributed by atoms with E-state index in [1.165, 1.54) is 11.8 Å². The molecule has 0 aliphatic carbocycles. The number of hydrogen-bond acceptors (Lipinski definition) is 6. The molecule has 0 aliphatic heterocycles. The number of nitriles is 1. The van der Waals surface area contributed by atoms with Gasteiger partial charge in [-0.3, -0.25) is 4.79 Å². The largest absolute Gasteiger partial charge is 0.490 e. The van der Waals surface area contributed by atoms with Crippen LogP contribution >= 0.6 is 27.7 Å². The second-order valence-corrected chi connectivity index (χ2v) is 7.55. The van der Waals surface area contributed by atoms with Crippen LogP contribution < -0.4 is 15.0 Å². The fourth-order valence-corrected chi connectivity index (χ4v) is 3.63. The number of halogens is 1.